The zero-order chi connectivity index (χ0) is 21.2. The number of carbonyl (C=O) groups excluding carboxylic acids is 2. The molecule has 6 nitrogen and oxygen atoms in total. The number of hydrogen-bond acceptors (Lipinski definition) is 4. The van der Waals surface area contributed by atoms with E-state index in [1.807, 2.05) is 45.0 Å². The maximum absolute atomic E-state index is 12.7. The quantitative estimate of drug-likeness (QED) is 0.644. The largest absolute Gasteiger partial charge is 0.496 e. The van der Waals surface area contributed by atoms with E-state index in [2.05, 4.69) is 10.6 Å². The molecule has 0 bridgehead atoms. The van der Waals surface area contributed by atoms with Gasteiger partial charge in [-0.1, -0.05) is 50.2 Å². The van der Waals surface area contributed by atoms with E-state index in [4.69, 9.17) is 9.47 Å². The van der Waals surface area contributed by atoms with Crippen molar-refractivity contribution in [3.05, 3.63) is 65.2 Å². The Morgan fingerprint density at radius 3 is 2.28 bits per heavy atom. The van der Waals surface area contributed by atoms with Crippen molar-refractivity contribution >= 4 is 11.8 Å². The highest BCUT2D eigenvalue weighted by Crippen LogP contribution is 2.17. The van der Waals surface area contributed by atoms with Gasteiger partial charge >= 0.3 is 0 Å². The normalized spacial score (nSPS) is 11.8. The second-order valence-corrected chi connectivity index (χ2v) is 7.07. The van der Waals surface area contributed by atoms with Gasteiger partial charge in [-0.2, -0.15) is 0 Å². The average Bonchev–Trinajstić information content (AvgIpc) is 2.74. The second kappa shape index (κ2) is 11.2. The summed E-state index contributed by atoms with van der Waals surface area (Å²) in [5, 5.41) is 5.74. The molecule has 2 amide bonds. The number of para-hydroxylation sites is 1. The molecule has 0 aromatic heterocycles. The number of carbonyl (C=O) groups is 2. The first-order chi connectivity index (χ1) is 14.0. The molecule has 0 spiro atoms. The lowest BCUT2D eigenvalue weighted by molar-refractivity contribution is -0.124. The van der Waals surface area contributed by atoms with Crippen LogP contribution in [0.25, 0.3) is 0 Å². The van der Waals surface area contributed by atoms with E-state index in [9.17, 15) is 9.59 Å². The Balaban J connectivity index is 1.97. The van der Waals surface area contributed by atoms with Crippen LogP contribution in [-0.2, 0) is 22.7 Å². The number of methoxy groups -OCH3 is 1. The van der Waals surface area contributed by atoms with Crippen LogP contribution in [0.1, 0.15) is 42.3 Å². The molecule has 1 unspecified atom stereocenters. The molecule has 2 N–H and O–H groups in total. The highest BCUT2D eigenvalue weighted by atomic mass is 16.5. The number of benzene rings is 2. The summed E-state index contributed by atoms with van der Waals surface area (Å²) in [6.45, 7) is 7.40. The Morgan fingerprint density at radius 1 is 1.00 bits per heavy atom. The predicted molar refractivity (Wildman–Crippen MR) is 113 cm³/mol. The van der Waals surface area contributed by atoms with E-state index in [0.29, 0.717) is 31.1 Å². The fourth-order valence-corrected chi connectivity index (χ4v) is 2.86. The smallest absolute Gasteiger partial charge is 0.255 e. The molecule has 29 heavy (non-hydrogen) atoms. The van der Waals surface area contributed by atoms with Crippen molar-refractivity contribution in [3.8, 4) is 5.75 Å². The van der Waals surface area contributed by atoms with Gasteiger partial charge in [0, 0.05) is 13.2 Å². The molecule has 6 heteroatoms. The molecule has 0 radical (unpaired) electrons. The monoisotopic (exact) mass is 398 g/mol. The Labute approximate surface area is 172 Å². The molecule has 1 atom stereocenters. The molecule has 0 heterocycles. The van der Waals surface area contributed by atoms with Crippen LogP contribution in [0.4, 0.5) is 0 Å². The Hall–Kier alpha value is -2.86. The first kappa shape index (κ1) is 22.4. The standard InChI is InChI=1S/C23H30N2O4/c1-5-29-15-18-12-10-17(11-13-18)14-24-23(27)21(16(2)3)25-22(26)19-8-6-7-9-20(19)28-4/h6-13,16,21H,5,14-15H2,1-4H3,(H,24,27)(H,25,26). The molecule has 156 valence electrons. The fourth-order valence-electron chi connectivity index (χ4n) is 2.86. The minimum absolute atomic E-state index is 0.0674. The number of hydrogen-bond donors (Lipinski definition) is 2. The summed E-state index contributed by atoms with van der Waals surface area (Å²) < 4.78 is 10.6. The van der Waals surface area contributed by atoms with Gasteiger partial charge in [0.2, 0.25) is 5.91 Å². The van der Waals surface area contributed by atoms with E-state index in [0.717, 1.165) is 11.1 Å². The Bertz CT molecular complexity index is 803. The number of nitrogens with one attached hydrogen (secondary N) is 2. The summed E-state index contributed by atoms with van der Waals surface area (Å²) in [5.41, 5.74) is 2.47. The molecule has 2 rings (SSSR count). The van der Waals surface area contributed by atoms with Gasteiger partial charge in [0.1, 0.15) is 11.8 Å². The molecule has 0 saturated heterocycles. The van der Waals surface area contributed by atoms with E-state index < -0.39 is 6.04 Å². The highest BCUT2D eigenvalue weighted by Gasteiger charge is 2.25. The maximum Gasteiger partial charge on any atom is 0.255 e. The van der Waals surface area contributed by atoms with Gasteiger partial charge < -0.3 is 20.1 Å². The molecule has 2 aromatic rings. The SMILES string of the molecule is CCOCc1ccc(CNC(=O)C(NC(=O)c2ccccc2OC)C(C)C)cc1. The van der Waals surface area contributed by atoms with Crippen molar-refractivity contribution in [2.75, 3.05) is 13.7 Å². The summed E-state index contributed by atoms with van der Waals surface area (Å²) in [6, 6.07) is 14.2. The molecular weight excluding hydrogens is 368 g/mol. The molecule has 2 aromatic carbocycles. The third kappa shape index (κ3) is 6.61. The van der Waals surface area contributed by atoms with Crippen LogP contribution in [0.3, 0.4) is 0 Å². The van der Waals surface area contributed by atoms with Gasteiger partial charge in [0.25, 0.3) is 5.91 Å². The maximum atomic E-state index is 12.7. The van der Waals surface area contributed by atoms with E-state index >= 15 is 0 Å². The Morgan fingerprint density at radius 2 is 1.66 bits per heavy atom. The molecular formula is C23H30N2O4. The van der Waals surface area contributed by atoms with Crippen molar-refractivity contribution in [3.63, 3.8) is 0 Å². The van der Waals surface area contributed by atoms with Gasteiger partial charge in [-0.15, -0.1) is 0 Å². The predicted octanol–water partition coefficient (Wildman–Crippen LogP) is 3.30. The molecule has 0 saturated carbocycles. The van der Waals surface area contributed by atoms with Crippen molar-refractivity contribution < 1.29 is 19.1 Å². The lowest BCUT2D eigenvalue weighted by atomic mass is 10.0. The first-order valence-corrected chi connectivity index (χ1v) is 9.83. The van der Waals surface area contributed by atoms with Crippen LogP contribution < -0.4 is 15.4 Å². The number of ether oxygens (including phenoxy) is 2. The lowest BCUT2D eigenvalue weighted by Crippen LogP contribution is -2.49. The summed E-state index contributed by atoms with van der Waals surface area (Å²) >= 11 is 0. The summed E-state index contributed by atoms with van der Waals surface area (Å²) in [4.78, 5) is 25.4. The fraction of sp³-hybridized carbons (Fsp3) is 0.391. The van der Waals surface area contributed by atoms with Crippen molar-refractivity contribution in [1.29, 1.82) is 0 Å². The third-order valence-corrected chi connectivity index (χ3v) is 4.55. The second-order valence-electron chi connectivity index (χ2n) is 7.07. The number of amides is 2. The van der Waals surface area contributed by atoms with E-state index in [1.165, 1.54) is 7.11 Å². The van der Waals surface area contributed by atoms with Crippen molar-refractivity contribution in [2.45, 2.75) is 40.0 Å². The van der Waals surface area contributed by atoms with Crippen LogP contribution in [0, 0.1) is 5.92 Å². The molecule has 0 aliphatic carbocycles. The Kier molecular flexibility index (Phi) is 8.68. The van der Waals surface area contributed by atoms with E-state index in [-0.39, 0.29) is 17.7 Å². The van der Waals surface area contributed by atoms with Crippen LogP contribution in [0.5, 0.6) is 5.75 Å². The van der Waals surface area contributed by atoms with E-state index in [1.54, 1.807) is 24.3 Å². The molecule has 0 aliphatic rings. The van der Waals surface area contributed by atoms with Crippen LogP contribution in [-0.4, -0.2) is 31.6 Å². The molecule has 0 fully saturated rings. The zero-order valence-corrected chi connectivity index (χ0v) is 17.5. The van der Waals surface area contributed by atoms with Gasteiger partial charge in [-0.3, -0.25) is 9.59 Å². The van der Waals surface area contributed by atoms with Crippen molar-refractivity contribution in [1.82, 2.24) is 10.6 Å². The van der Waals surface area contributed by atoms with Crippen LogP contribution in [0.15, 0.2) is 48.5 Å². The minimum Gasteiger partial charge on any atom is -0.496 e. The summed E-state index contributed by atoms with van der Waals surface area (Å²) in [7, 11) is 1.51. The van der Waals surface area contributed by atoms with Gasteiger partial charge in [0.15, 0.2) is 0 Å². The van der Waals surface area contributed by atoms with Crippen molar-refractivity contribution in [2.24, 2.45) is 5.92 Å². The van der Waals surface area contributed by atoms with Crippen LogP contribution in [0.2, 0.25) is 0 Å². The minimum atomic E-state index is -0.648. The summed E-state index contributed by atoms with van der Waals surface area (Å²) in [6.07, 6.45) is 0. The average molecular weight is 399 g/mol. The lowest BCUT2D eigenvalue weighted by Gasteiger charge is -2.22. The summed E-state index contributed by atoms with van der Waals surface area (Å²) in [5.74, 6) is -0.152. The zero-order valence-electron chi connectivity index (χ0n) is 17.5. The first-order valence-electron chi connectivity index (χ1n) is 9.83. The number of rotatable bonds is 10. The van der Waals surface area contributed by atoms with Crippen LogP contribution >= 0.6 is 0 Å². The topological polar surface area (TPSA) is 76.7 Å². The van der Waals surface area contributed by atoms with Gasteiger partial charge in [-0.05, 0) is 36.1 Å². The molecule has 0 aliphatic heterocycles. The van der Waals surface area contributed by atoms with Gasteiger partial charge in [-0.25, -0.2) is 0 Å². The third-order valence-electron chi connectivity index (χ3n) is 4.55. The van der Waals surface area contributed by atoms with Gasteiger partial charge in [0.05, 0.1) is 19.3 Å². The highest BCUT2D eigenvalue weighted by molar-refractivity contribution is 5.99.